The first-order valence-electron chi connectivity index (χ1n) is 11.1. The standard InChI is InChI=1S/C24H33ClN2O6S/c1-5-7-18-9-11-19(12-10-18)33-15-13-26-24(28)8-6-14-27(34(4,29)30)21-17-22(31-2)20(25)16-23(21)32-3/h9-12,16-17H,5-8,13-15H2,1-4H3,(H,26,28). The molecule has 0 radical (unpaired) electrons. The summed E-state index contributed by atoms with van der Waals surface area (Å²) < 4.78 is 42.2. The molecule has 0 saturated carbocycles. The van der Waals surface area contributed by atoms with Gasteiger partial charge in [0, 0.05) is 25.1 Å². The molecule has 0 atom stereocenters. The average Bonchev–Trinajstić information content (AvgIpc) is 2.80. The van der Waals surface area contributed by atoms with Gasteiger partial charge in [-0.15, -0.1) is 0 Å². The van der Waals surface area contributed by atoms with Crippen LogP contribution >= 0.6 is 11.6 Å². The van der Waals surface area contributed by atoms with Gasteiger partial charge in [-0.2, -0.15) is 0 Å². The van der Waals surface area contributed by atoms with Crippen LogP contribution in [0.2, 0.25) is 5.02 Å². The quantitative estimate of drug-likeness (QED) is 0.384. The molecule has 188 valence electrons. The molecule has 1 amide bonds. The average molecular weight is 513 g/mol. The number of hydrogen-bond donors (Lipinski definition) is 1. The van der Waals surface area contributed by atoms with E-state index in [4.69, 9.17) is 25.8 Å². The Bertz CT molecular complexity index is 1040. The minimum Gasteiger partial charge on any atom is -0.495 e. The summed E-state index contributed by atoms with van der Waals surface area (Å²) in [6.45, 7) is 2.93. The summed E-state index contributed by atoms with van der Waals surface area (Å²) >= 11 is 6.13. The van der Waals surface area contributed by atoms with Crippen molar-refractivity contribution in [2.45, 2.75) is 32.6 Å². The predicted molar refractivity (Wildman–Crippen MR) is 135 cm³/mol. The van der Waals surface area contributed by atoms with Crippen molar-refractivity contribution in [2.75, 3.05) is 44.5 Å². The molecule has 1 N–H and O–H groups in total. The van der Waals surface area contributed by atoms with Gasteiger partial charge in [-0.25, -0.2) is 8.42 Å². The maximum absolute atomic E-state index is 12.4. The van der Waals surface area contributed by atoms with Gasteiger partial charge in [0.05, 0.1) is 37.7 Å². The predicted octanol–water partition coefficient (Wildman–Crippen LogP) is 4.05. The first-order valence-corrected chi connectivity index (χ1v) is 13.3. The van der Waals surface area contributed by atoms with Crippen LogP contribution in [0.1, 0.15) is 31.7 Å². The maximum atomic E-state index is 12.4. The Morgan fingerprint density at radius 3 is 2.35 bits per heavy atom. The molecule has 0 spiro atoms. The Hall–Kier alpha value is -2.65. The van der Waals surface area contributed by atoms with E-state index in [2.05, 4.69) is 12.2 Å². The molecule has 2 aromatic carbocycles. The zero-order chi connectivity index (χ0) is 25.1. The zero-order valence-corrected chi connectivity index (χ0v) is 21.7. The SMILES string of the molecule is CCCc1ccc(OCCNC(=O)CCCN(c2cc(OC)c(Cl)cc2OC)S(C)(=O)=O)cc1. The lowest BCUT2D eigenvalue weighted by Crippen LogP contribution is -2.33. The maximum Gasteiger partial charge on any atom is 0.232 e. The van der Waals surface area contributed by atoms with E-state index in [1.54, 1.807) is 0 Å². The van der Waals surface area contributed by atoms with E-state index in [0.29, 0.717) is 41.8 Å². The number of halogens is 1. The summed E-state index contributed by atoms with van der Waals surface area (Å²) in [7, 11) is -0.772. The van der Waals surface area contributed by atoms with Crippen molar-refractivity contribution in [3.8, 4) is 17.2 Å². The molecular formula is C24H33ClN2O6S. The topological polar surface area (TPSA) is 94.2 Å². The van der Waals surface area contributed by atoms with Crippen LogP contribution < -0.4 is 23.8 Å². The van der Waals surface area contributed by atoms with Crippen molar-refractivity contribution in [3.63, 3.8) is 0 Å². The lowest BCUT2D eigenvalue weighted by Gasteiger charge is -2.25. The van der Waals surface area contributed by atoms with Crippen molar-refractivity contribution >= 4 is 33.2 Å². The molecule has 2 rings (SSSR count). The second-order valence-corrected chi connectivity index (χ2v) is 10.0. The van der Waals surface area contributed by atoms with Gasteiger partial charge in [0.1, 0.15) is 23.9 Å². The van der Waals surface area contributed by atoms with E-state index in [0.717, 1.165) is 24.8 Å². The van der Waals surface area contributed by atoms with Gasteiger partial charge in [0.15, 0.2) is 0 Å². The van der Waals surface area contributed by atoms with Crippen LogP contribution in [0.4, 0.5) is 5.69 Å². The molecule has 8 nitrogen and oxygen atoms in total. The molecule has 0 bridgehead atoms. The van der Waals surface area contributed by atoms with Gasteiger partial charge in [-0.1, -0.05) is 37.1 Å². The highest BCUT2D eigenvalue weighted by atomic mass is 35.5. The molecule has 34 heavy (non-hydrogen) atoms. The Kier molecular flexibility index (Phi) is 10.8. The molecule has 0 unspecified atom stereocenters. The number of anilines is 1. The second-order valence-electron chi connectivity index (χ2n) is 7.69. The summed E-state index contributed by atoms with van der Waals surface area (Å²) in [5.41, 5.74) is 1.56. The Labute approximate surface area is 207 Å². The van der Waals surface area contributed by atoms with Gasteiger partial charge in [-0.05, 0) is 30.5 Å². The Balaban J connectivity index is 1.86. The Morgan fingerprint density at radius 1 is 1.09 bits per heavy atom. The van der Waals surface area contributed by atoms with Gasteiger partial charge in [0.2, 0.25) is 15.9 Å². The number of carbonyl (C=O) groups is 1. The Morgan fingerprint density at radius 2 is 1.76 bits per heavy atom. The normalized spacial score (nSPS) is 11.1. The summed E-state index contributed by atoms with van der Waals surface area (Å²) in [4.78, 5) is 12.2. The molecule has 0 saturated heterocycles. The fraction of sp³-hybridized carbons (Fsp3) is 0.458. The number of nitrogens with zero attached hydrogens (tertiary/aromatic N) is 1. The largest absolute Gasteiger partial charge is 0.495 e. The summed E-state index contributed by atoms with van der Waals surface area (Å²) in [6.07, 6.45) is 3.69. The number of aryl methyl sites for hydroxylation is 1. The van der Waals surface area contributed by atoms with Crippen LogP contribution in [0.25, 0.3) is 0 Å². The van der Waals surface area contributed by atoms with Crippen LogP contribution in [0.5, 0.6) is 17.2 Å². The minimum absolute atomic E-state index is 0.0913. The number of carbonyl (C=O) groups excluding carboxylic acids is 1. The summed E-state index contributed by atoms with van der Waals surface area (Å²) in [6, 6.07) is 10.9. The van der Waals surface area contributed by atoms with Crippen molar-refractivity contribution in [3.05, 3.63) is 47.0 Å². The van der Waals surface area contributed by atoms with Crippen molar-refractivity contribution < 1.29 is 27.4 Å². The lowest BCUT2D eigenvalue weighted by atomic mass is 10.1. The molecule has 0 aliphatic carbocycles. The number of benzene rings is 2. The number of nitrogens with one attached hydrogen (secondary N) is 1. The number of ether oxygens (including phenoxy) is 3. The summed E-state index contributed by atoms with van der Waals surface area (Å²) in [5.74, 6) is 1.19. The molecule has 0 aromatic heterocycles. The number of sulfonamides is 1. The van der Waals surface area contributed by atoms with Gasteiger partial charge in [0.25, 0.3) is 0 Å². The van der Waals surface area contributed by atoms with Gasteiger partial charge < -0.3 is 19.5 Å². The molecular weight excluding hydrogens is 480 g/mol. The molecule has 10 heteroatoms. The smallest absolute Gasteiger partial charge is 0.232 e. The third-order valence-corrected chi connectivity index (χ3v) is 6.52. The van der Waals surface area contributed by atoms with E-state index in [1.165, 1.54) is 36.2 Å². The monoisotopic (exact) mass is 512 g/mol. The number of hydrogen-bond acceptors (Lipinski definition) is 6. The highest BCUT2D eigenvalue weighted by Gasteiger charge is 2.23. The minimum atomic E-state index is -3.64. The van der Waals surface area contributed by atoms with E-state index < -0.39 is 10.0 Å². The van der Waals surface area contributed by atoms with Crippen LogP contribution in [0, 0.1) is 0 Å². The molecule has 0 aliphatic rings. The van der Waals surface area contributed by atoms with E-state index in [-0.39, 0.29) is 18.9 Å². The first kappa shape index (κ1) is 27.6. The first-order chi connectivity index (χ1) is 16.2. The number of rotatable bonds is 14. The molecule has 0 fully saturated rings. The van der Waals surface area contributed by atoms with Crippen molar-refractivity contribution in [1.82, 2.24) is 5.32 Å². The number of methoxy groups -OCH3 is 2. The van der Waals surface area contributed by atoms with E-state index in [1.807, 2.05) is 24.3 Å². The molecule has 0 aliphatic heterocycles. The van der Waals surface area contributed by atoms with Crippen LogP contribution in [0.3, 0.4) is 0 Å². The fourth-order valence-electron chi connectivity index (χ4n) is 3.38. The molecule has 2 aromatic rings. The lowest BCUT2D eigenvalue weighted by molar-refractivity contribution is -0.121. The zero-order valence-electron chi connectivity index (χ0n) is 20.1. The van der Waals surface area contributed by atoms with Crippen LogP contribution in [-0.4, -0.2) is 54.5 Å². The third-order valence-electron chi connectivity index (χ3n) is 5.04. The van der Waals surface area contributed by atoms with Crippen LogP contribution in [0.15, 0.2) is 36.4 Å². The van der Waals surface area contributed by atoms with E-state index >= 15 is 0 Å². The van der Waals surface area contributed by atoms with Gasteiger partial charge >= 0.3 is 0 Å². The highest BCUT2D eigenvalue weighted by Crippen LogP contribution is 2.39. The van der Waals surface area contributed by atoms with Crippen LogP contribution in [-0.2, 0) is 21.2 Å². The second kappa shape index (κ2) is 13.3. The fourth-order valence-corrected chi connectivity index (χ4v) is 4.57. The van der Waals surface area contributed by atoms with Gasteiger partial charge in [-0.3, -0.25) is 9.10 Å². The summed E-state index contributed by atoms with van der Waals surface area (Å²) in [5, 5.41) is 3.09. The van der Waals surface area contributed by atoms with Crippen molar-refractivity contribution in [1.29, 1.82) is 0 Å². The molecule has 0 heterocycles. The van der Waals surface area contributed by atoms with Crippen molar-refractivity contribution in [2.24, 2.45) is 0 Å². The highest BCUT2D eigenvalue weighted by molar-refractivity contribution is 7.92. The number of amides is 1. The van der Waals surface area contributed by atoms with E-state index in [9.17, 15) is 13.2 Å². The third kappa shape index (κ3) is 8.29.